The number of H-pyrrole nitrogens is 2. The molecule has 1 aliphatic heterocycles. The van der Waals surface area contributed by atoms with E-state index in [1.807, 2.05) is 12.1 Å². The van der Waals surface area contributed by atoms with Crippen molar-refractivity contribution in [3.63, 3.8) is 0 Å². The van der Waals surface area contributed by atoms with Crippen LogP contribution in [-0.4, -0.2) is 71.3 Å². The second-order valence-corrected chi connectivity index (χ2v) is 10.4. The number of amides is 1. The number of halogens is 1. The number of pyridine rings is 1. The van der Waals surface area contributed by atoms with E-state index >= 15 is 0 Å². The summed E-state index contributed by atoms with van der Waals surface area (Å²) in [7, 11) is -2.39. The molecule has 172 valence electrons. The average Bonchev–Trinajstić information content (AvgIpc) is 3.39. The van der Waals surface area contributed by atoms with E-state index in [-0.39, 0.29) is 30.6 Å². The molecule has 9 nitrogen and oxygen atoms in total. The zero-order valence-corrected chi connectivity index (χ0v) is 19.4. The summed E-state index contributed by atoms with van der Waals surface area (Å²) in [6, 6.07) is 10.0. The lowest BCUT2D eigenvalue weighted by Gasteiger charge is -2.39. The normalized spacial score (nSPS) is 17.9. The zero-order chi connectivity index (χ0) is 23.2. The summed E-state index contributed by atoms with van der Waals surface area (Å²) >= 11 is 6.03. The van der Waals surface area contributed by atoms with E-state index in [9.17, 15) is 13.2 Å². The molecule has 33 heavy (non-hydrogen) atoms. The number of aromatic nitrogens is 3. The number of methoxy groups -OCH3 is 1. The van der Waals surface area contributed by atoms with E-state index in [0.29, 0.717) is 22.5 Å². The molecule has 4 aromatic rings. The van der Waals surface area contributed by atoms with Gasteiger partial charge < -0.3 is 19.6 Å². The van der Waals surface area contributed by atoms with Gasteiger partial charge in [0, 0.05) is 58.6 Å². The largest absolute Gasteiger partial charge is 0.382 e. The summed E-state index contributed by atoms with van der Waals surface area (Å²) in [5.74, 6) is -0.289. The van der Waals surface area contributed by atoms with Gasteiger partial charge in [0.25, 0.3) is 10.0 Å². The zero-order valence-electron chi connectivity index (χ0n) is 17.8. The van der Waals surface area contributed by atoms with E-state index in [1.54, 1.807) is 35.5 Å². The van der Waals surface area contributed by atoms with Crippen LogP contribution in [0.4, 0.5) is 0 Å². The molecular weight excluding hydrogens is 466 g/mol. The SMILES string of the molecule is COCC1CN(S(=O)(=O)c2cc3cc(Cl)ccc3[nH]2)CC(=O)N1Cc1cc2cnccc2[nH]1. The summed E-state index contributed by atoms with van der Waals surface area (Å²) in [6.07, 6.45) is 3.45. The maximum Gasteiger partial charge on any atom is 0.259 e. The molecule has 4 heterocycles. The van der Waals surface area contributed by atoms with Crippen LogP contribution >= 0.6 is 11.6 Å². The fraction of sp³-hybridized carbons (Fsp3) is 0.273. The predicted octanol–water partition coefficient (Wildman–Crippen LogP) is 2.75. The van der Waals surface area contributed by atoms with Gasteiger partial charge in [0.05, 0.1) is 25.7 Å². The number of hydrogen-bond acceptors (Lipinski definition) is 5. The molecule has 1 fully saturated rings. The lowest BCUT2D eigenvalue weighted by molar-refractivity contribution is -0.140. The highest BCUT2D eigenvalue weighted by Gasteiger charge is 2.39. The first-order valence-electron chi connectivity index (χ1n) is 10.3. The van der Waals surface area contributed by atoms with E-state index < -0.39 is 16.1 Å². The smallest absolute Gasteiger partial charge is 0.259 e. The molecule has 5 rings (SSSR count). The number of benzene rings is 1. The number of carbonyl (C=O) groups is 1. The third-order valence-corrected chi connectivity index (χ3v) is 7.81. The van der Waals surface area contributed by atoms with E-state index in [0.717, 1.165) is 16.6 Å². The van der Waals surface area contributed by atoms with Gasteiger partial charge in [0.15, 0.2) is 0 Å². The van der Waals surface area contributed by atoms with Crippen LogP contribution in [0.1, 0.15) is 5.69 Å². The fourth-order valence-electron chi connectivity index (χ4n) is 4.23. The number of aromatic amines is 2. The van der Waals surface area contributed by atoms with Crippen LogP contribution in [0.25, 0.3) is 21.8 Å². The van der Waals surface area contributed by atoms with Crippen LogP contribution in [0.2, 0.25) is 5.02 Å². The minimum absolute atomic E-state index is 0.0281. The van der Waals surface area contributed by atoms with Crippen molar-refractivity contribution in [2.24, 2.45) is 0 Å². The second-order valence-electron chi connectivity index (χ2n) is 8.05. The highest BCUT2D eigenvalue weighted by atomic mass is 35.5. The van der Waals surface area contributed by atoms with E-state index in [2.05, 4.69) is 15.0 Å². The minimum atomic E-state index is -3.92. The lowest BCUT2D eigenvalue weighted by Crippen LogP contribution is -2.58. The first-order chi connectivity index (χ1) is 15.8. The van der Waals surface area contributed by atoms with Crippen molar-refractivity contribution in [2.45, 2.75) is 17.6 Å². The number of sulfonamides is 1. The van der Waals surface area contributed by atoms with Crippen molar-refractivity contribution in [3.8, 4) is 0 Å². The average molecular weight is 488 g/mol. The highest BCUT2D eigenvalue weighted by molar-refractivity contribution is 7.89. The molecule has 11 heteroatoms. The quantitative estimate of drug-likeness (QED) is 0.434. The van der Waals surface area contributed by atoms with Gasteiger partial charge in [0.2, 0.25) is 5.91 Å². The standard InChI is InChI=1S/C22H22ClN5O4S/c1-32-13-18-11-27(33(30,31)21-8-14-6-16(23)2-3-19(14)26-21)12-22(29)28(18)10-17-7-15-9-24-5-4-20(15)25-17/h2-9,18,25-26H,10-13H2,1H3. The molecule has 0 bridgehead atoms. The summed E-state index contributed by atoms with van der Waals surface area (Å²) in [5, 5.41) is 2.18. The predicted molar refractivity (Wildman–Crippen MR) is 124 cm³/mol. The summed E-state index contributed by atoms with van der Waals surface area (Å²) in [6.45, 7) is 0.405. The van der Waals surface area contributed by atoms with Gasteiger partial charge >= 0.3 is 0 Å². The van der Waals surface area contributed by atoms with Crippen molar-refractivity contribution < 1.29 is 17.9 Å². The van der Waals surface area contributed by atoms with Crippen LogP contribution in [-0.2, 0) is 26.1 Å². The van der Waals surface area contributed by atoms with Crippen LogP contribution in [0.5, 0.6) is 0 Å². The Hall–Kier alpha value is -2.92. The molecule has 3 aromatic heterocycles. The number of nitrogens with zero attached hydrogens (tertiary/aromatic N) is 3. The van der Waals surface area contributed by atoms with Gasteiger partial charge in [-0.05, 0) is 36.4 Å². The highest BCUT2D eigenvalue weighted by Crippen LogP contribution is 2.27. The van der Waals surface area contributed by atoms with Crippen LogP contribution in [0, 0.1) is 0 Å². The van der Waals surface area contributed by atoms with Crippen molar-refractivity contribution in [3.05, 3.63) is 59.5 Å². The molecule has 1 unspecified atom stereocenters. The van der Waals surface area contributed by atoms with Gasteiger partial charge in [-0.3, -0.25) is 9.78 Å². The Labute approximate surface area is 195 Å². The van der Waals surface area contributed by atoms with Gasteiger partial charge in [0.1, 0.15) is 5.03 Å². The summed E-state index contributed by atoms with van der Waals surface area (Å²) < 4.78 is 33.2. The van der Waals surface area contributed by atoms with Gasteiger partial charge in [-0.1, -0.05) is 11.6 Å². The number of nitrogens with one attached hydrogen (secondary N) is 2. The Morgan fingerprint density at radius 2 is 1.97 bits per heavy atom. The first kappa shape index (κ1) is 21.9. The number of piperazine rings is 1. The van der Waals surface area contributed by atoms with Gasteiger partial charge in [-0.15, -0.1) is 0 Å². The summed E-state index contributed by atoms with van der Waals surface area (Å²) in [5.41, 5.74) is 2.43. The molecule has 1 atom stereocenters. The third-order valence-electron chi connectivity index (χ3n) is 5.84. The molecule has 2 N–H and O–H groups in total. The maximum absolute atomic E-state index is 13.4. The van der Waals surface area contributed by atoms with Crippen LogP contribution in [0.15, 0.2) is 53.8 Å². The maximum atomic E-state index is 13.4. The number of hydrogen-bond donors (Lipinski definition) is 2. The summed E-state index contributed by atoms with van der Waals surface area (Å²) in [4.78, 5) is 25.1. The molecule has 1 amide bonds. The topological polar surface area (TPSA) is 111 Å². The van der Waals surface area contributed by atoms with Crippen LogP contribution < -0.4 is 0 Å². The Kier molecular flexibility index (Phi) is 5.61. The molecule has 0 aliphatic carbocycles. The van der Waals surface area contributed by atoms with Gasteiger partial charge in [-0.25, -0.2) is 8.42 Å². The molecule has 1 saturated heterocycles. The van der Waals surface area contributed by atoms with Gasteiger partial charge in [-0.2, -0.15) is 4.31 Å². The molecule has 0 saturated carbocycles. The number of ether oxygens (including phenoxy) is 1. The van der Waals surface area contributed by atoms with Crippen molar-refractivity contribution >= 4 is 49.3 Å². The minimum Gasteiger partial charge on any atom is -0.382 e. The number of carbonyl (C=O) groups excluding carboxylic acids is 1. The third kappa shape index (κ3) is 4.10. The Morgan fingerprint density at radius 1 is 1.15 bits per heavy atom. The van der Waals surface area contributed by atoms with E-state index in [4.69, 9.17) is 16.3 Å². The molecule has 0 radical (unpaired) electrons. The molecule has 1 aliphatic rings. The second kappa shape index (κ2) is 8.45. The molecule has 0 spiro atoms. The lowest BCUT2D eigenvalue weighted by atomic mass is 10.2. The Bertz CT molecular complexity index is 1410. The fourth-order valence-corrected chi connectivity index (χ4v) is 5.86. The monoisotopic (exact) mass is 487 g/mol. The first-order valence-corrected chi connectivity index (χ1v) is 12.2. The number of rotatable bonds is 6. The molecule has 1 aromatic carbocycles. The van der Waals surface area contributed by atoms with E-state index in [1.165, 1.54) is 17.5 Å². The Morgan fingerprint density at radius 3 is 2.76 bits per heavy atom. The Balaban J connectivity index is 1.41. The number of fused-ring (bicyclic) bond motifs is 2. The van der Waals surface area contributed by atoms with Crippen LogP contribution in [0.3, 0.4) is 0 Å². The molecular formula is C22H22ClN5O4S. The van der Waals surface area contributed by atoms with Crippen molar-refractivity contribution in [1.82, 2.24) is 24.2 Å². The van der Waals surface area contributed by atoms with Crippen molar-refractivity contribution in [2.75, 3.05) is 26.8 Å². The van der Waals surface area contributed by atoms with Crippen molar-refractivity contribution in [1.29, 1.82) is 0 Å².